The Bertz CT molecular complexity index is 502. The van der Waals surface area contributed by atoms with E-state index in [9.17, 15) is 8.42 Å². The molecule has 0 bridgehead atoms. The molecule has 0 N–H and O–H groups in total. The van der Waals surface area contributed by atoms with Crippen molar-refractivity contribution < 1.29 is 13.2 Å². The molecule has 0 amide bonds. The average Bonchev–Trinajstić information content (AvgIpc) is 3.03. The van der Waals surface area contributed by atoms with Gasteiger partial charge in [0.2, 0.25) is 0 Å². The van der Waals surface area contributed by atoms with Gasteiger partial charge in [0.25, 0.3) is 0 Å². The molecule has 18 heavy (non-hydrogen) atoms. The van der Waals surface area contributed by atoms with E-state index in [-0.39, 0.29) is 5.25 Å². The molecule has 1 aromatic rings. The molecule has 4 heteroatoms. The third-order valence-electron chi connectivity index (χ3n) is 3.43. The van der Waals surface area contributed by atoms with Gasteiger partial charge in [-0.3, -0.25) is 0 Å². The Balaban J connectivity index is 2.01. The SMILES string of the molecule is CC1OC1CCc1ccc(S(=O)(=O)C(C)C)cc1. The molecule has 1 heterocycles. The highest BCUT2D eigenvalue weighted by molar-refractivity contribution is 7.92. The van der Waals surface area contributed by atoms with Crippen LogP contribution in [0.15, 0.2) is 29.2 Å². The molecule has 1 saturated heterocycles. The summed E-state index contributed by atoms with van der Waals surface area (Å²) in [4.78, 5) is 0.414. The fourth-order valence-corrected chi connectivity index (χ4v) is 3.02. The average molecular weight is 268 g/mol. The zero-order valence-corrected chi connectivity index (χ0v) is 11.9. The Morgan fingerprint density at radius 3 is 2.22 bits per heavy atom. The van der Waals surface area contributed by atoms with Crippen molar-refractivity contribution in [3.8, 4) is 0 Å². The van der Waals surface area contributed by atoms with Crippen molar-refractivity contribution in [2.24, 2.45) is 0 Å². The van der Waals surface area contributed by atoms with E-state index >= 15 is 0 Å². The van der Waals surface area contributed by atoms with Crippen LogP contribution in [0.3, 0.4) is 0 Å². The van der Waals surface area contributed by atoms with E-state index in [4.69, 9.17) is 4.74 Å². The zero-order valence-electron chi connectivity index (χ0n) is 11.1. The molecule has 1 aromatic carbocycles. The maximum Gasteiger partial charge on any atom is 0.180 e. The first-order valence-corrected chi connectivity index (χ1v) is 7.94. The second-order valence-corrected chi connectivity index (χ2v) is 7.66. The molecule has 100 valence electrons. The molecule has 0 spiro atoms. The molecule has 0 radical (unpaired) electrons. The van der Waals surface area contributed by atoms with Gasteiger partial charge in [0.1, 0.15) is 0 Å². The summed E-state index contributed by atoms with van der Waals surface area (Å²) in [5.41, 5.74) is 1.17. The zero-order chi connectivity index (χ0) is 13.3. The van der Waals surface area contributed by atoms with Crippen molar-refractivity contribution in [2.75, 3.05) is 0 Å². The van der Waals surface area contributed by atoms with Gasteiger partial charge >= 0.3 is 0 Å². The molecule has 0 aromatic heterocycles. The van der Waals surface area contributed by atoms with E-state index < -0.39 is 9.84 Å². The normalized spacial score (nSPS) is 23.3. The lowest BCUT2D eigenvalue weighted by molar-refractivity contribution is 0.370. The number of epoxide rings is 1. The predicted molar refractivity (Wildman–Crippen MR) is 71.4 cm³/mol. The van der Waals surface area contributed by atoms with E-state index in [2.05, 4.69) is 6.92 Å². The number of ether oxygens (including phenoxy) is 1. The molecular formula is C14H20O3S. The minimum absolute atomic E-state index is 0.371. The number of benzene rings is 1. The summed E-state index contributed by atoms with van der Waals surface area (Å²) in [5.74, 6) is 0. The summed E-state index contributed by atoms with van der Waals surface area (Å²) in [6, 6.07) is 7.23. The molecule has 3 nitrogen and oxygen atoms in total. The second-order valence-electron chi connectivity index (χ2n) is 5.16. The van der Waals surface area contributed by atoms with Gasteiger partial charge in [0.05, 0.1) is 22.4 Å². The predicted octanol–water partition coefficient (Wildman–Crippen LogP) is 2.59. The van der Waals surface area contributed by atoms with Gasteiger partial charge in [-0.15, -0.1) is 0 Å². The Labute approximate surface area is 109 Å². The minimum atomic E-state index is -3.15. The molecule has 1 fully saturated rings. The third kappa shape index (κ3) is 2.93. The molecule has 0 aliphatic carbocycles. The van der Waals surface area contributed by atoms with Crippen molar-refractivity contribution in [1.82, 2.24) is 0 Å². The Hall–Kier alpha value is -0.870. The summed E-state index contributed by atoms with van der Waals surface area (Å²) in [6.07, 6.45) is 2.74. The first-order valence-electron chi connectivity index (χ1n) is 6.39. The third-order valence-corrected chi connectivity index (χ3v) is 5.60. The first-order chi connectivity index (χ1) is 8.41. The van der Waals surface area contributed by atoms with Crippen molar-refractivity contribution in [2.45, 2.75) is 56.0 Å². The lowest BCUT2D eigenvalue weighted by Gasteiger charge is -2.08. The largest absolute Gasteiger partial charge is 0.370 e. The van der Waals surface area contributed by atoms with Crippen molar-refractivity contribution in [3.05, 3.63) is 29.8 Å². The standard InChI is InChI=1S/C14H20O3S/c1-10(2)18(15,16)13-7-4-12(5-8-13)6-9-14-11(3)17-14/h4-5,7-8,10-11,14H,6,9H2,1-3H3. The van der Waals surface area contributed by atoms with Crippen LogP contribution in [-0.4, -0.2) is 25.9 Å². The molecule has 2 unspecified atom stereocenters. The van der Waals surface area contributed by atoms with Crippen LogP contribution in [0.2, 0.25) is 0 Å². The molecule has 1 aliphatic rings. The van der Waals surface area contributed by atoms with Crippen LogP contribution >= 0.6 is 0 Å². The van der Waals surface area contributed by atoms with E-state index in [1.165, 1.54) is 5.56 Å². The van der Waals surface area contributed by atoms with Gasteiger partial charge < -0.3 is 4.74 Å². The topological polar surface area (TPSA) is 46.7 Å². The summed E-state index contributed by atoms with van der Waals surface area (Å²) >= 11 is 0. The van der Waals surface area contributed by atoms with E-state index in [0.717, 1.165) is 12.8 Å². The van der Waals surface area contributed by atoms with E-state index in [1.54, 1.807) is 26.0 Å². The highest BCUT2D eigenvalue weighted by Crippen LogP contribution is 2.26. The summed E-state index contributed by atoms with van der Waals surface area (Å²) in [5, 5.41) is -0.371. The number of rotatable bonds is 5. The van der Waals surface area contributed by atoms with Gasteiger partial charge in [-0.2, -0.15) is 0 Å². The number of hydrogen-bond donors (Lipinski definition) is 0. The van der Waals surface area contributed by atoms with Crippen LogP contribution in [0.1, 0.15) is 32.8 Å². The van der Waals surface area contributed by atoms with Gasteiger partial charge in [-0.05, 0) is 51.3 Å². The summed E-state index contributed by atoms with van der Waals surface area (Å²) in [6.45, 7) is 5.48. The Morgan fingerprint density at radius 1 is 1.22 bits per heavy atom. The lowest BCUT2D eigenvalue weighted by Crippen LogP contribution is -2.13. The van der Waals surface area contributed by atoms with E-state index in [0.29, 0.717) is 17.1 Å². The van der Waals surface area contributed by atoms with Crippen LogP contribution in [0, 0.1) is 0 Å². The van der Waals surface area contributed by atoms with Crippen LogP contribution < -0.4 is 0 Å². The fraction of sp³-hybridized carbons (Fsp3) is 0.571. The van der Waals surface area contributed by atoms with Gasteiger partial charge in [0, 0.05) is 0 Å². The van der Waals surface area contributed by atoms with Gasteiger partial charge in [-0.1, -0.05) is 12.1 Å². The van der Waals surface area contributed by atoms with E-state index in [1.807, 2.05) is 12.1 Å². The number of hydrogen-bond acceptors (Lipinski definition) is 3. The minimum Gasteiger partial charge on any atom is -0.370 e. The van der Waals surface area contributed by atoms with Crippen LogP contribution in [0.4, 0.5) is 0 Å². The molecular weight excluding hydrogens is 248 g/mol. The number of sulfone groups is 1. The highest BCUT2D eigenvalue weighted by atomic mass is 32.2. The van der Waals surface area contributed by atoms with Crippen molar-refractivity contribution in [3.63, 3.8) is 0 Å². The quantitative estimate of drug-likeness (QED) is 0.771. The number of aryl methyl sites for hydroxylation is 1. The maximum atomic E-state index is 11.9. The van der Waals surface area contributed by atoms with Crippen LogP contribution in [0.25, 0.3) is 0 Å². The smallest absolute Gasteiger partial charge is 0.180 e. The maximum absolute atomic E-state index is 11.9. The second kappa shape index (κ2) is 5.02. The highest BCUT2D eigenvalue weighted by Gasteiger charge is 2.33. The molecule has 2 atom stereocenters. The molecule has 1 aliphatic heterocycles. The lowest BCUT2D eigenvalue weighted by atomic mass is 10.1. The Morgan fingerprint density at radius 2 is 1.78 bits per heavy atom. The van der Waals surface area contributed by atoms with Gasteiger partial charge in [0.15, 0.2) is 9.84 Å². The van der Waals surface area contributed by atoms with Crippen LogP contribution in [0.5, 0.6) is 0 Å². The van der Waals surface area contributed by atoms with Gasteiger partial charge in [-0.25, -0.2) is 8.42 Å². The fourth-order valence-electron chi connectivity index (χ4n) is 1.96. The van der Waals surface area contributed by atoms with Crippen molar-refractivity contribution in [1.29, 1.82) is 0 Å². The monoisotopic (exact) mass is 268 g/mol. The first kappa shape index (κ1) is 13.6. The Kier molecular flexibility index (Phi) is 3.78. The van der Waals surface area contributed by atoms with Crippen molar-refractivity contribution >= 4 is 9.84 Å². The summed E-state index contributed by atoms with van der Waals surface area (Å²) < 4.78 is 29.2. The molecule has 2 rings (SSSR count). The molecule has 0 saturated carbocycles. The van der Waals surface area contributed by atoms with Crippen LogP contribution in [-0.2, 0) is 21.0 Å². The summed E-state index contributed by atoms with van der Waals surface area (Å²) in [7, 11) is -3.15.